The molecule has 0 bridgehead atoms. The molecule has 4 rings (SSSR count). The molecule has 29 heavy (non-hydrogen) atoms. The van der Waals surface area contributed by atoms with Crippen molar-refractivity contribution < 1.29 is 13.2 Å². The maximum absolute atomic E-state index is 13.2. The summed E-state index contributed by atoms with van der Waals surface area (Å²) in [5, 5.41) is 2.87. The highest BCUT2D eigenvalue weighted by atomic mass is 32.2. The molecule has 0 spiro atoms. The molecule has 154 valence electrons. The van der Waals surface area contributed by atoms with E-state index in [1.807, 2.05) is 25.1 Å². The third kappa shape index (κ3) is 4.50. The zero-order chi connectivity index (χ0) is 20.4. The molecule has 2 heterocycles. The van der Waals surface area contributed by atoms with E-state index < -0.39 is 10.0 Å². The van der Waals surface area contributed by atoms with Crippen LogP contribution < -0.4 is 5.32 Å². The van der Waals surface area contributed by atoms with Gasteiger partial charge in [0.1, 0.15) is 0 Å². The van der Waals surface area contributed by atoms with Gasteiger partial charge in [0, 0.05) is 49.3 Å². The van der Waals surface area contributed by atoms with E-state index in [0.29, 0.717) is 37.6 Å². The Morgan fingerprint density at radius 3 is 2.52 bits per heavy atom. The van der Waals surface area contributed by atoms with Gasteiger partial charge in [0.2, 0.25) is 15.9 Å². The lowest BCUT2D eigenvalue weighted by Gasteiger charge is -2.34. The summed E-state index contributed by atoms with van der Waals surface area (Å²) < 4.78 is 27.9. The van der Waals surface area contributed by atoms with Gasteiger partial charge in [-0.2, -0.15) is 4.31 Å². The van der Waals surface area contributed by atoms with Gasteiger partial charge in [-0.05, 0) is 23.8 Å². The highest BCUT2D eigenvalue weighted by Crippen LogP contribution is 2.34. The van der Waals surface area contributed by atoms with E-state index in [-0.39, 0.29) is 16.7 Å². The molecule has 2 aliphatic rings. The third-order valence-corrected chi connectivity index (χ3v) is 8.59. The quantitative estimate of drug-likeness (QED) is 0.806. The Kier molecular flexibility index (Phi) is 5.96. The minimum Gasteiger partial charge on any atom is -0.325 e. The third-order valence-electron chi connectivity index (χ3n) is 5.36. The largest absolute Gasteiger partial charge is 0.325 e. The Morgan fingerprint density at radius 1 is 1.07 bits per heavy atom. The van der Waals surface area contributed by atoms with Crippen molar-refractivity contribution in [3.63, 3.8) is 0 Å². The van der Waals surface area contributed by atoms with E-state index in [0.717, 1.165) is 11.4 Å². The fourth-order valence-electron chi connectivity index (χ4n) is 3.56. The summed E-state index contributed by atoms with van der Waals surface area (Å²) in [6.45, 7) is 5.02. The predicted octanol–water partition coefficient (Wildman–Crippen LogP) is 2.87. The van der Waals surface area contributed by atoms with E-state index in [1.54, 1.807) is 34.3 Å². The number of hydrogen-bond acceptors (Lipinski definition) is 5. The SMILES string of the molecule is CC1CSc2ccc(S(=O)(=O)N3CCN(Cc4ccccc4)CC3)cc2NC1=O. The van der Waals surface area contributed by atoms with Gasteiger partial charge in [-0.15, -0.1) is 11.8 Å². The minimum atomic E-state index is -3.59. The van der Waals surface area contributed by atoms with Gasteiger partial charge in [0.05, 0.1) is 10.6 Å². The van der Waals surface area contributed by atoms with Crippen LogP contribution in [0.1, 0.15) is 12.5 Å². The van der Waals surface area contributed by atoms with Crippen molar-refractivity contribution in [2.45, 2.75) is 23.3 Å². The highest BCUT2D eigenvalue weighted by molar-refractivity contribution is 7.99. The number of anilines is 1. The van der Waals surface area contributed by atoms with Crippen molar-refractivity contribution in [2.24, 2.45) is 5.92 Å². The van der Waals surface area contributed by atoms with Crippen LogP contribution in [-0.4, -0.2) is 55.5 Å². The van der Waals surface area contributed by atoms with Gasteiger partial charge in [0.25, 0.3) is 0 Å². The minimum absolute atomic E-state index is 0.0691. The lowest BCUT2D eigenvalue weighted by Crippen LogP contribution is -2.48. The van der Waals surface area contributed by atoms with Crippen LogP contribution in [0.15, 0.2) is 58.3 Å². The van der Waals surface area contributed by atoms with Crippen molar-refractivity contribution in [1.82, 2.24) is 9.21 Å². The van der Waals surface area contributed by atoms with Crippen LogP contribution in [-0.2, 0) is 21.4 Å². The van der Waals surface area contributed by atoms with Crippen LogP contribution in [0.2, 0.25) is 0 Å². The molecule has 1 atom stereocenters. The number of piperazine rings is 1. The number of fused-ring (bicyclic) bond motifs is 1. The highest BCUT2D eigenvalue weighted by Gasteiger charge is 2.30. The molecule has 1 saturated heterocycles. The van der Waals surface area contributed by atoms with Crippen LogP contribution in [0.3, 0.4) is 0 Å². The van der Waals surface area contributed by atoms with Crippen LogP contribution >= 0.6 is 11.8 Å². The first-order chi connectivity index (χ1) is 13.9. The summed E-state index contributed by atoms with van der Waals surface area (Å²) in [6.07, 6.45) is 0. The maximum atomic E-state index is 13.2. The normalized spacial score (nSPS) is 21.3. The second kappa shape index (κ2) is 8.47. The lowest BCUT2D eigenvalue weighted by molar-refractivity contribution is -0.118. The standard InChI is InChI=1S/C21H25N3O3S2/c1-16-15-28-20-8-7-18(13-19(20)22-21(16)25)29(26,27)24-11-9-23(10-12-24)14-17-5-3-2-4-6-17/h2-8,13,16H,9-12,14-15H2,1H3,(H,22,25). The fourth-order valence-corrected chi connectivity index (χ4v) is 6.02. The Labute approximate surface area is 176 Å². The summed E-state index contributed by atoms with van der Waals surface area (Å²) in [4.78, 5) is 15.6. The summed E-state index contributed by atoms with van der Waals surface area (Å²) in [5.41, 5.74) is 1.82. The first-order valence-corrected chi connectivity index (χ1v) is 12.2. The van der Waals surface area contributed by atoms with Crippen molar-refractivity contribution in [3.05, 3.63) is 54.1 Å². The molecular weight excluding hydrogens is 406 g/mol. The molecule has 0 radical (unpaired) electrons. The van der Waals surface area contributed by atoms with Gasteiger partial charge in [-0.25, -0.2) is 8.42 Å². The molecule has 0 aromatic heterocycles. The number of benzene rings is 2. The lowest BCUT2D eigenvalue weighted by atomic mass is 10.2. The number of amides is 1. The summed E-state index contributed by atoms with van der Waals surface area (Å²) >= 11 is 1.58. The second-order valence-electron chi connectivity index (χ2n) is 7.53. The van der Waals surface area contributed by atoms with Gasteiger partial charge < -0.3 is 5.32 Å². The van der Waals surface area contributed by atoms with Crippen LogP contribution in [0.4, 0.5) is 5.69 Å². The van der Waals surface area contributed by atoms with E-state index in [4.69, 9.17) is 0 Å². The monoisotopic (exact) mass is 431 g/mol. The number of nitrogens with one attached hydrogen (secondary N) is 1. The average Bonchev–Trinajstić information content (AvgIpc) is 2.87. The van der Waals surface area contributed by atoms with E-state index in [9.17, 15) is 13.2 Å². The molecule has 1 amide bonds. The molecule has 0 aliphatic carbocycles. The van der Waals surface area contributed by atoms with Crippen molar-refractivity contribution in [3.8, 4) is 0 Å². The Morgan fingerprint density at radius 2 is 1.79 bits per heavy atom. The van der Waals surface area contributed by atoms with Crippen molar-refractivity contribution >= 4 is 33.4 Å². The molecule has 1 N–H and O–H groups in total. The molecule has 2 aliphatic heterocycles. The number of rotatable bonds is 4. The van der Waals surface area contributed by atoms with Crippen LogP contribution in [0.25, 0.3) is 0 Å². The molecule has 2 aromatic carbocycles. The number of hydrogen-bond donors (Lipinski definition) is 1. The van der Waals surface area contributed by atoms with Gasteiger partial charge >= 0.3 is 0 Å². The Hall–Kier alpha value is -1.87. The first kappa shape index (κ1) is 20.4. The topological polar surface area (TPSA) is 69.7 Å². The average molecular weight is 432 g/mol. The van der Waals surface area contributed by atoms with Crippen LogP contribution in [0.5, 0.6) is 0 Å². The van der Waals surface area contributed by atoms with Gasteiger partial charge in [-0.3, -0.25) is 9.69 Å². The number of thioether (sulfide) groups is 1. The summed E-state index contributed by atoms with van der Waals surface area (Å²) in [7, 11) is -3.59. The zero-order valence-corrected chi connectivity index (χ0v) is 18.0. The number of nitrogens with zero attached hydrogens (tertiary/aromatic N) is 2. The van der Waals surface area contributed by atoms with E-state index in [1.165, 1.54) is 5.56 Å². The Bertz CT molecular complexity index is 987. The first-order valence-electron chi connectivity index (χ1n) is 9.77. The summed E-state index contributed by atoms with van der Waals surface area (Å²) in [5.74, 6) is 0.513. The van der Waals surface area contributed by atoms with Gasteiger partial charge in [-0.1, -0.05) is 37.3 Å². The molecule has 8 heteroatoms. The summed E-state index contributed by atoms with van der Waals surface area (Å²) in [6, 6.07) is 15.3. The number of carbonyl (C=O) groups is 1. The zero-order valence-electron chi connectivity index (χ0n) is 16.4. The Balaban J connectivity index is 1.46. The smallest absolute Gasteiger partial charge is 0.243 e. The molecule has 0 saturated carbocycles. The fraction of sp³-hybridized carbons (Fsp3) is 0.381. The molecular formula is C21H25N3O3S2. The van der Waals surface area contributed by atoms with Gasteiger partial charge in [0.15, 0.2) is 0 Å². The molecule has 1 unspecified atom stereocenters. The van der Waals surface area contributed by atoms with E-state index >= 15 is 0 Å². The molecule has 2 aromatic rings. The maximum Gasteiger partial charge on any atom is 0.243 e. The number of carbonyl (C=O) groups excluding carboxylic acids is 1. The second-order valence-corrected chi connectivity index (χ2v) is 10.5. The molecule has 1 fully saturated rings. The van der Waals surface area contributed by atoms with Crippen molar-refractivity contribution in [1.29, 1.82) is 0 Å². The predicted molar refractivity (Wildman–Crippen MR) is 115 cm³/mol. The van der Waals surface area contributed by atoms with Crippen LogP contribution in [0, 0.1) is 5.92 Å². The molecule has 6 nitrogen and oxygen atoms in total. The van der Waals surface area contributed by atoms with Crippen molar-refractivity contribution in [2.75, 3.05) is 37.2 Å². The number of sulfonamides is 1. The van der Waals surface area contributed by atoms with E-state index in [2.05, 4.69) is 22.3 Å².